The highest BCUT2D eigenvalue weighted by Gasteiger charge is 2.10. The Morgan fingerprint density at radius 3 is 2.90 bits per heavy atom. The van der Waals surface area contributed by atoms with Crippen molar-refractivity contribution < 1.29 is 5.11 Å². The molecular weight excluding hydrogens is 252 g/mol. The molecule has 0 spiro atoms. The van der Waals surface area contributed by atoms with Crippen LogP contribution in [-0.4, -0.2) is 26.2 Å². The number of hydrogen-bond donors (Lipinski definition) is 2. The third-order valence-corrected chi connectivity index (χ3v) is 3.23. The minimum absolute atomic E-state index is 0.298. The van der Waals surface area contributed by atoms with E-state index >= 15 is 0 Å². The van der Waals surface area contributed by atoms with E-state index in [-0.39, 0.29) is 0 Å². The Kier molecular flexibility index (Phi) is 3.02. The number of phenols is 1. The zero-order valence-electron chi connectivity index (χ0n) is 11.5. The number of phenolic OH excluding ortho intramolecular Hbond substituents is 1. The third-order valence-electron chi connectivity index (χ3n) is 3.23. The number of nitrogens with one attached hydrogen (secondary N) is 1. The summed E-state index contributed by atoms with van der Waals surface area (Å²) in [5, 5.41) is 17.1. The van der Waals surface area contributed by atoms with Gasteiger partial charge in [0.2, 0.25) is 0 Å². The number of anilines is 1. The smallest absolute Gasteiger partial charge is 0.165 e. The lowest BCUT2D eigenvalue weighted by Gasteiger charge is -2.05. The maximum Gasteiger partial charge on any atom is 0.165 e. The van der Waals surface area contributed by atoms with Gasteiger partial charge in [0.15, 0.2) is 5.65 Å². The molecule has 0 unspecified atom stereocenters. The molecule has 3 rings (SSSR count). The van der Waals surface area contributed by atoms with Crippen LogP contribution in [-0.2, 0) is 0 Å². The van der Waals surface area contributed by atoms with Crippen LogP contribution < -0.4 is 5.32 Å². The molecule has 1 aromatic carbocycles. The third kappa shape index (κ3) is 2.07. The predicted molar refractivity (Wildman–Crippen MR) is 79.0 cm³/mol. The van der Waals surface area contributed by atoms with E-state index < -0.39 is 0 Å². The quantitative estimate of drug-likeness (QED) is 0.766. The number of aromatic hydroxyl groups is 1. The van der Waals surface area contributed by atoms with Gasteiger partial charge in [-0.05, 0) is 43.2 Å². The highest BCUT2D eigenvalue weighted by Crippen LogP contribution is 2.28. The molecule has 5 heteroatoms. The van der Waals surface area contributed by atoms with Gasteiger partial charge in [-0.15, -0.1) is 0 Å². The molecule has 0 saturated carbocycles. The van der Waals surface area contributed by atoms with Crippen LogP contribution in [0.3, 0.4) is 0 Å². The van der Waals surface area contributed by atoms with E-state index in [0.29, 0.717) is 5.75 Å². The Morgan fingerprint density at radius 1 is 1.30 bits per heavy atom. The average molecular weight is 268 g/mol. The van der Waals surface area contributed by atoms with E-state index in [2.05, 4.69) is 15.4 Å². The molecule has 0 aliphatic rings. The van der Waals surface area contributed by atoms with Crippen LogP contribution in [0.4, 0.5) is 5.82 Å². The van der Waals surface area contributed by atoms with Gasteiger partial charge in [-0.25, -0.2) is 9.50 Å². The lowest BCUT2D eigenvalue weighted by molar-refractivity contribution is 0.471. The molecule has 3 aromatic rings. The normalized spacial score (nSPS) is 10.9. The zero-order valence-corrected chi connectivity index (χ0v) is 11.5. The summed E-state index contributed by atoms with van der Waals surface area (Å²) >= 11 is 0. The Hall–Kier alpha value is -2.56. The fraction of sp³-hybridized carbons (Fsp3) is 0.200. The Balaban J connectivity index is 2.14. The van der Waals surface area contributed by atoms with E-state index in [1.807, 2.05) is 38.2 Å². The number of hydrogen-bond acceptors (Lipinski definition) is 4. The van der Waals surface area contributed by atoms with Gasteiger partial charge in [-0.3, -0.25) is 0 Å². The molecule has 0 aliphatic carbocycles. The van der Waals surface area contributed by atoms with Crippen LogP contribution in [0, 0.1) is 6.92 Å². The van der Waals surface area contributed by atoms with Crippen LogP contribution in [0.25, 0.3) is 16.8 Å². The summed E-state index contributed by atoms with van der Waals surface area (Å²) in [6.45, 7) is 4.74. The van der Waals surface area contributed by atoms with Crippen molar-refractivity contribution in [2.24, 2.45) is 0 Å². The van der Waals surface area contributed by atoms with Crippen molar-refractivity contribution in [3.63, 3.8) is 0 Å². The number of fused-ring (bicyclic) bond motifs is 1. The molecule has 2 heterocycles. The predicted octanol–water partition coefficient (Wildman–Crippen LogP) is 2.84. The molecule has 5 nitrogen and oxygen atoms in total. The molecule has 0 atom stereocenters. The first kappa shape index (κ1) is 12.5. The molecule has 2 N–H and O–H groups in total. The maximum atomic E-state index is 9.62. The molecular formula is C15H16N4O. The number of benzene rings is 1. The van der Waals surface area contributed by atoms with Crippen molar-refractivity contribution >= 4 is 11.5 Å². The van der Waals surface area contributed by atoms with Crippen LogP contribution >= 0.6 is 0 Å². The monoisotopic (exact) mass is 268 g/mol. The van der Waals surface area contributed by atoms with Crippen molar-refractivity contribution in [1.82, 2.24) is 14.6 Å². The molecule has 2 aromatic heterocycles. The molecule has 0 aliphatic heterocycles. The van der Waals surface area contributed by atoms with Crippen LogP contribution in [0.5, 0.6) is 5.75 Å². The second kappa shape index (κ2) is 4.85. The molecule has 0 saturated heterocycles. The van der Waals surface area contributed by atoms with Crippen molar-refractivity contribution in [2.75, 3.05) is 11.9 Å². The summed E-state index contributed by atoms with van der Waals surface area (Å²) in [6.07, 6.45) is 3.68. The first-order valence-corrected chi connectivity index (χ1v) is 6.57. The van der Waals surface area contributed by atoms with Gasteiger partial charge in [-0.2, -0.15) is 5.10 Å². The van der Waals surface area contributed by atoms with Crippen LogP contribution in [0.15, 0.2) is 36.7 Å². The van der Waals surface area contributed by atoms with Crippen molar-refractivity contribution in [2.45, 2.75) is 13.8 Å². The van der Waals surface area contributed by atoms with Crippen molar-refractivity contribution in [3.8, 4) is 16.9 Å². The molecule has 102 valence electrons. The van der Waals surface area contributed by atoms with E-state index in [9.17, 15) is 5.11 Å². The first-order valence-electron chi connectivity index (χ1n) is 6.57. The topological polar surface area (TPSA) is 62.5 Å². The summed E-state index contributed by atoms with van der Waals surface area (Å²) in [5.74, 6) is 1.13. The van der Waals surface area contributed by atoms with Gasteiger partial charge in [0.1, 0.15) is 11.6 Å². The lowest BCUT2D eigenvalue weighted by atomic mass is 10.1. The minimum atomic E-state index is 0.298. The summed E-state index contributed by atoms with van der Waals surface area (Å²) < 4.78 is 1.75. The van der Waals surface area contributed by atoms with Gasteiger partial charge in [0.25, 0.3) is 0 Å². The fourth-order valence-electron chi connectivity index (χ4n) is 2.18. The fourth-order valence-corrected chi connectivity index (χ4v) is 2.18. The molecule has 0 radical (unpaired) electrons. The van der Waals surface area contributed by atoms with Gasteiger partial charge >= 0.3 is 0 Å². The molecule has 0 bridgehead atoms. The largest absolute Gasteiger partial charge is 0.508 e. The first-order chi connectivity index (χ1) is 9.69. The van der Waals surface area contributed by atoms with E-state index in [1.165, 1.54) is 0 Å². The number of aryl methyl sites for hydroxylation is 1. The number of nitrogens with zero attached hydrogens (tertiary/aromatic N) is 3. The minimum Gasteiger partial charge on any atom is -0.508 e. The second-order valence-corrected chi connectivity index (χ2v) is 4.67. The highest BCUT2D eigenvalue weighted by molar-refractivity contribution is 5.78. The molecule has 0 fully saturated rings. The van der Waals surface area contributed by atoms with E-state index in [1.54, 1.807) is 16.8 Å². The van der Waals surface area contributed by atoms with Crippen LogP contribution in [0.2, 0.25) is 0 Å². The molecule has 0 amide bonds. The Bertz CT molecular complexity index is 764. The van der Waals surface area contributed by atoms with Gasteiger partial charge in [0.05, 0.1) is 6.20 Å². The molecule has 20 heavy (non-hydrogen) atoms. The SMILES string of the molecule is CCNc1ccn2ncc(-c3ccc(O)c(C)c3)c2n1. The van der Waals surface area contributed by atoms with E-state index in [4.69, 9.17) is 0 Å². The van der Waals surface area contributed by atoms with Crippen molar-refractivity contribution in [3.05, 3.63) is 42.2 Å². The highest BCUT2D eigenvalue weighted by atomic mass is 16.3. The summed E-state index contributed by atoms with van der Waals surface area (Å²) in [4.78, 5) is 4.58. The zero-order chi connectivity index (χ0) is 14.1. The summed E-state index contributed by atoms with van der Waals surface area (Å²) in [5.41, 5.74) is 3.59. The van der Waals surface area contributed by atoms with Gasteiger partial charge < -0.3 is 10.4 Å². The summed E-state index contributed by atoms with van der Waals surface area (Å²) in [6, 6.07) is 7.41. The number of aromatic nitrogens is 3. The average Bonchev–Trinajstić information content (AvgIpc) is 2.85. The standard InChI is InChI=1S/C15H16N4O/c1-3-16-14-6-7-19-15(18-14)12(9-17-19)11-4-5-13(20)10(2)8-11/h4-9,20H,3H2,1-2H3,(H,16,18). The summed E-state index contributed by atoms with van der Waals surface area (Å²) in [7, 11) is 0. The van der Waals surface area contributed by atoms with Gasteiger partial charge in [-0.1, -0.05) is 6.07 Å². The lowest BCUT2D eigenvalue weighted by Crippen LogP contribution is -2.01. The maximum absolute atomic E-state index is 9.62. The van der Waals surface area contributed by atoms with Crippen molar-refractivity contribution in [1.29, 1.82) is 0 Å². The second-order valence-electron chi connectivity index (χ2n) is 4.67. The Morgan fingerprint density at radius 2 is 2.15 bits per heavy atom. The number of rotatable bonds is 3. The van der Waals surface area contributed by atoms with Gasteiger partial charge in [0, 0.05) is 18.3 Å². The Labute approximate surface area is 116 Å². The van der Waals surface area contributed by atoms with E-state index in [0.717, 1.165) is 34.7 Å². The van der Waals surface area contributed by atoms with Crippen LogP contribution in [0.1, 0.15) is 12.5 Å².